The topological polar surface area (TPSA) is 170 Å². The number of azo groups is 1. The quantitative estimate of drug-likeness (QED) is 0.108. The van der Waals surface area contributed by atoms with E-state index in [9.17, 15) is 20.6 Å². The molecule has 1 aromatic heterocycles. The number of anilines is 2. The Morgan fingerprint density at radius 1 is 0.951 bits per heavy atom. The molecule has 0 fully saturated rings. The summed E-state index contributed by atoms with van der Waals surface area (Å²) in [6.07, 6.45) is -0.896. The van der Waals surface area contributed by atoms with Gasteiger partial charge in [-0.1, -0.05) is 12.1 Å². The summed E-state index contributed by atoms with van der Waals surface area (Å²) in [4.78, 5) is 7.66. The predicted molar refractivity (Wildman–Crippen MR) is 163 cm³/mol. The van der Waals surface area contributed by atoms with Gasteiger partial charge < -0.3 is 31.1 Å². The van der Waals surface area contributed by atoms with Crippen LogP contribution in [0, 0.1) is 18.3 Å². The maximum atomic E-state index is 9.74. The lowest BCUT2D eigenvalue weighted by Crippen LogP contribution is -2.37. The Morgan fingerprint density at radius 2 is 1.59 bits per heavy atom. The minimum atomic E-state index is -0.448. The molecule has 3 aromatic rings. The van der Waals surface area contributed by atoms with Crippen LogP contribution in [-0.2, 0) is 0 Å². The molecule has 0 saturated carbocycles. The largest absolute Gasteiger partial charge is 0.395 e. The molecule has 11 nitrogen and oxygen atoms in total. The molecule has 6 N–H and O–H groups in total. The number of nitrogens with zero attached hydrogens (tertiary/aromatic N) is 5. The van der Waals surface area contributed by atoms with Gasteiger partial charge in [0, 0.05) is 48.9 Å². The number of hydrogen-bond acceptors (Lipinski definition) is 12. The molecular formula is C29H39N7O4S. The Bertz CT molecular complexity index is 1350. The van der Waals surface area contributed by atoms with Crippen LogP contribution >= 0.6 is 11.8 Å². The van der Waals surface area contributed by atoms with Gasteiger partial charge in [-0.3, -0.25) is 4.90 Å². The summed E-state index contributed by atoms with van der Waals surface area (Å²) in [5, 5.41) is 64.5. The van der Waals surface area contributed by atoms with Crippen molar-refractivity contribution in [3.05, 3.63) is 47.5 Å². The molecule has 0 spiro atoms. The maximum absolute atomic E-state index is 9.74. The average molecular weight is 582 g/mol. The summed E-state index contributed by atoms with van der Waals surface area (Å²) >= 11 is 1.72. The van der Waals surface area contributed by atoms with Gasteiger partial charge >= 0.3 is 0 Å². The predicted octanol–water partition coefficient (Wildman–Crippen LogP) is 3.79. The first-order valence-corrected chi connectivity index (χ1v) is 14.5. The van der Waals surface area contributed by atoms with E-state index in [1.807, 2.05) is 24.3 Å². The molecule has 0 bridgehead atoms. The van der Waals surface area contributed by atoms with E-state index in [0.717, 1.165) is 28.0 Å². The van der Waals surface area contributed by atoms with Gasteiger partial charge in [0.25, 0.3) is 0 Å². The smallest absolute Gasteiger partial charge is 0.156 e. The van der Waals surface area contributed by atoms with E-state index in [2.05, 4.69) is 48.9 Å². The van der Waals surface area contributed by atoms with Crippen molar-refractivity contribution in [3.63, 3.8) is 0 Å². The lowest BCUT2D eigenvalue weighted by atomic mass is 10.1. The molecule has 220 valence electrons. The number of aromatic nitrogens is 1. The minimum Gasteiger partial charge on any atom is -0.395 e. The number of aliphatic hydroxyl groups is 4. The highest BCUT2D eigenvalue weighted by molar-refractivity contribution is 7.99. The second-order valence-corrected chi connectivity index (χ2v) is 10.9. The zero-order valence-electron chi connectivity index (χ0n) is 23.7. The van der Waals surface area contributed by atoms with E-state index in [1.54, 1.807) is 32.5 Å². The number of aliphatic hydroxyl groups excluding tert-OH is 4. The Morgan fingerprint density at radius 3 is 2.22 bits per heavy atom. The highest BCUT2D eigenvalue weighted by Gasteiger charge is 2.17. The highest BCUT2D eigenvalue weighted by atomic mass is 32.2. The summed E-state index contributed by atoms with van der Waals surface area (Å²) in [5.74, 6) is 1.54. The molecule has 0 saturated heterocycles. The van der Waals surface area contributed by atoms with Crippen LogP contribution in [0.3, 0.4) is 0 Å². The SMILES string of the molecule is Cc1c(C#N)c(NCCO)nc(NCCO)c1N=Nc1ccc2cc(SCCN(CC(C)O)CC(C)O)ccc2c1. The molecular weight excluding hydrogens is 542 g/mol. The summed E-state index contributed by atoms with van der Waals surface area (Å²) in [6, 6.07) is 14.2. The third kappa shape index (κ3) is 9.64. The number of benzene rings is 2. The summed E-state index contributed by atoms with van der Waals surface area (Å²) < 4.78 is 0. The highest BCUT2D eigenvalue weighted by Crippen LogP contribution is 2.35. The molecule has 12 heteroatoms. The first-order valence-electron chi connectivity index (χ1n) is 13.6. The number of fused-ring (bicyclic) bond motifs is 1. The Labute approximate surface area is 244 Å². The zero-order chi connectivity index (χ0) is 29.8. The number of pyridine rings is 1. The minimum absolute atomic E-state index is 0.107. The van der Waals surface area contributed by atoms with Crippen LogP contribution in [0.1, 0.15) is 25.0 Å². The van der Waals surface area contributed by atoms with Crippen molar-refractivity contribution >= 4 is 45.5 Å². The van der Waals surface area contributed by atoms with Gasteiger partial charge in [0.2, 0.25) is 0 Å². The van der Waals surface area contributed by atoms with Crippen molar-refractivity contribution in [2.24, 2.45) is 10.2 Å². The summed E-state index contributed by atoms with van der Waals surface area (Å²) in [7, 11) is 0. The molecule has 0 aliphatic rings. The molecule has 0 aliphatic heterocycles. The number of nitriles is 1. The van der Waals surface area contributed by atoms with Crippen molar-refractivity contribution in [1.29, 1.82) is 5.26 Å². The van der Waals surface area contributed by atoms with Crippen molar-refractivity contribution in [3.8, 4) is 6.07 Å². The molecule has 2 unspecified atom stereocenters. The van der Waals surface area contributed by atoms with Crippen LogP contribution < -0.4 is 10.6 Å². The summed E-state index contributed by atoms with van der Waals surface area (Å²) in [5.41, 5.74) is 1.93. The van der Waals surface area contributed by atoms with Crippen LogP contribution in [0.4, 0.5) is 23.0 Å². The maximum Gasteiger partial charge on any atom is 0.156 e. The first kappa shape index (κ1) is 32.2. The third-order valence-electron chi connectivity index (χ3n) is 6.12. The van der Waals surface area contributed by atoms with E-state index in [4.69, 9.17) is 5.11 Å². The number of thioether (sulfide) groups is 1. The molecule has 0 aliphatic carbocycles. The zero-order valence-corrected chi connectivity index (χ0v) is 24.5. The molecule has 1 heterocycles. The number of hydrogen-bond donors (Lipinski definition) is 6. The number of rotatable bonds is 16. The second kappa shape index (κ2) is 16.2. The normalized spacial score (nSPS) is 13.0. The van der Waals surface area contributed by atoms with E-state index in [1.165, 1.54) is 0 Å². The Balaban J connectivity index is 1.78. The van der Waals surface area contributed by atoms with Crippen molar-refractivity contribution in [2.45, 2.75) is 37.9 Å². The van der Waals surface area contributed by atoms with Crippen molar-refractivity contribution in [1.82, 2.24) is 9.88 Å². The monoisotopic (exact) mass is 581 g/mol. The van der Waals surface area contributed by atoms with Crippen molar-refractivity contribution < 1.29 is 20.4 Å². The fraction of sp³-hybridized carbons (Fsp3) is 0.448. The molecule has 0 amide bonds. The first-order chi connectivity index (χ1) is 19.7. The van der Waals surface area contributed by atoms with Crippen molar-refractivity contribution in [2.75, 3.05) is 62.3 Å². The Hall–Kier alpha value is -3.31. The molecule has 2 aromatic carbocycles. The van der Waals surface area contributed by atoms with Gasteiger partial charge in [0.1, 0.15) is 17.6 Å². The molecule has 0 radical (unpaired) electrons. The lowest BCUT2D eigenvalue weighted by Gasteiger charge is -2.24. The average Bonchev–Trinajstić information content (AvgIpc) is 2.93. The van der Waals surface area contributed by atoms with Crippen LogP contribution in [-0.4, -0.2) is 94.2 Å². The summed E-state index contributed by atoms with van der Waals surface area (Å²) in [6.45, 7) is 7.34. The van der Waals surface area contributed by atoms with Gasteiger partial charge in [0.15, 0.2) is 5.82 Å². The van der Waals surface area contributed by atoms with Crippen LogP contribution in [0.25, 0.3) is 10.8 Å². The lowest BCUT2D eigenvalue weighted by molar-refractivity contribution is 0.0876. The van der Waals surface area contributed by atoms with E-state index in [-0.39, 0.29) is 26.3 Å². The second-order valence-electron chi connectivity index (χ2n) is 9.77. The van der Waals surface area contributed by atoms with Crippen LogP contribution in [0.5, 0.6) is 0 Å². The fourth-order valence-electron chi connectivity index (χ4n) is 4.32. The van der Waals surface area contributed by atoms with E-state index in [0.29, 0.717) is 47.2 Å². The standard InChI is InChI=1S/C29H39N7O4S/c1-19(39)17-36(18-20(2)40)10-13-41-25-7-5-22-14-24(6-4-23(22)15-25)34-35-27-21(3)26(16-30)28(31-8-11-37)33-29(27)32-9-12-38/h4-7,14-15,19-20,37-40H,8-13,17-18H2,1-3H3,(H2,31,32,33). The van der Waals surface area contributed by atoms with E-state index < -0.39 is 12.2 Å². The molecule has 41 heavy (non-hydrogen) atoms. The van der Waals surface area contributed by atoms with Gasteiger partial charge in [-0.05, 0) is 55.8 Å². The molecule has 2 atom stereocenters. The Kier molecular flexibility index (Phi) is 12.7. The van der Waals surface area contributed by atoms with Gasteiger partial charge in [-0.25, -0.2) is 4.98 Å². The number of nitrogens with one attached hydrogen (secondary N) is 2. The van der Waals surface area contributed by atoms with Gasteiger partial charge in [-0.2, -0.15) is 10.4 Å². The fourth-order valence-corrected chi connectivity index (χ4v) is 5.28. The van der Waals surface area contributed by atoms with Gasteiger partial charge in [0.05, 0.1) is 36.7 Å². The third-order valence-corrected chi connectivity index (χ3v) is 7.09. The van der Waals surface area contributed by atoms with Crippen LogP contribution in [0.15, 0.2) is 51.5 Å². The van der Waals surface area contributed by atoms with Crippen LogP contribution in [0.2, 0.25) is 0 Å². The van der Waals surface area contributed by atoms with Gasteiger partial charge in [-0.15, -0.1) is 16.9 Å². The van der Waals surface area contributed by atoms with E-state index >= 15 is 0 Å². The molecule has 3 rings (SSSR count).